The van der Waals surface area contributed by atoms with E-state index in [4.69, 9.17) is 0 Å². The van der Waals surface area contributed by atoms with Gasteiger partial charge in [0, 0.05) is 9.13 Å². The van der Waals surface area contributed by atoms with Crippen molar-refractivity contribution in [3.63, 3.8) is 0 Å². The largest absolute Gasteiger partial charge is 0.573 e. The van der Waals surface area contributed by atoms with Gasteiger partial charge in [0.2, 0.25) is 0 Å². The van der Waals surface area contributed by atoms with E-state index in [9.17, 15) is 22.0 Å². The Morgan fingerprint density at radius 1 is 1.20 bits per heavy atom. The Labute approximate surface area is 95.4 Å². The first kappa shape index (κ1) is 12.5. The van der Waals surface area contributed by atoms with Crippen molar-refractivity contribution in [2.24, 2.45) is 0 Å². The third-order valence-electron chi connectivity index (χ3n) is 1.44. The Balaban J connectivity index is 2.98. The number of hydrogen-bond donors (Lipinski definition) is 0. The van der Waals surface area contributed by atoms with E-state index in [0.29, 0.717) is 6.07 Å². The normalized spacial score (nSPS) is 11.9. The van der Waals surface area contributed by atoms with Gasteiger partial charge in [0.25, 0.3) is 6.43 Å². The van der Waals surface area contributed by atoms with Crippen molar-refractivity contribution in [3.05, 3.63) is 27.3 Å². The molecule has 0 spiro atoms. The molecule has 0 bridgehead atoms. The minimum Gasteiger partial charge on any atom is -0.406 e. The van der Waals surface area contributed by atoms with Crippen LogP contribution in [0.2, 0.25) is 0 Å². The fraction of sp³-hybridized carbons (Fsp3) is 0.250. The molecule has 0 saturated carbocycles. The lowest BCUT2D eigenvalue weighted by molar-refractivity contribution is -0.274. The maximum Gasteiger partial charge on any atom is 0.573 e. The minimum atomic E-state index is -4.87. The second-order valence-electron chi connectivity index (χ2n) is 2.53. The van der Waals surface area contributed by atoms with Crippen molar-refractivity contribution in [3.8, 4) is 5.75 Å². The molecule has 0 N–H and O–H groups in total. The van der Waals surface area contributed by atoms with Gasteiger partial charge in [-0.2, -0.15) is 0 Å². The van der Waals surface area contributed by atoms with Gasteiger partial charge in [0.05, 0.1) is 0 Å². The smallest absolute Gasteiger partial charge is 0.406 e. The van der Waals surface area contributed by atoms with E-state index >= 15 is 0 Å². The van der Waals surface area contributed by atoms with Crippen molar-refractivity contribution in [2.75, 3.05) is 0 Å². The van der Waals surface area contributed by atoms with Crippen LogP contribution in [-0.4, -0.2) is 6.36 Å². The number of halogens is 6. The van der Waals surface area contributed by atoms with Crippen LogP contribution < -0.4 is 4.74 Å². The molecule has 1 nitrogen and oxygen atoms in total. The van der Waals surface area contributed by atoms with Crippen molar-refractivity contribution < 1.29 is 26.7 Å². The molecular weight excluding hydrogens is 334 g/mol. The van der Waals surface area contributed by atoms with Crippen LogP contribution in [0.5, 0.6) is 5.75 Å². The molecule has 0 aliphatic carbocycles. The van der Waals surface area contributed by atoms with E-state index in [1.807, 2.05) is 0 Å². The van der Waals surface area contributed by atoms with E-state index < -0.39 is 24.1 Å². The second-order valence-corrected chi connectivity index (χ2v) is 3.69. The Bertz CT molecular complexity index is 349. The average molecular weight is 338 g/mol. The van der Waals surface area contributed by atoms with E-state index in [1.54, 1.807) is 22.6 Å². The van der Waals surface area contributed by atoms with Crippen LogP contribution in [0, 0.1) is 3.57 Å². The van der Waals surface area contributed by atoms with Crippen LogP contribution in [0.3, 0.4) is 0 Å². The average Bonchev–Trinajstić information content (AvgIpc) is 2.05. The first-order valence-corrected chi connectivity index (χ1v) is 4.71. The molecule has 0 fully saturated rings. The van der Waals surface area contributed by atoms with Gasteiger partial charge in [-0.3, -0.25) is 0 Å². The molecule has 1 aromatic rings. The molecule has 0 atom stereocenters. The molecular formula is C8H4F5IO. The van der Waals surface area contributed by atoms with Crippen molar-refractivity contribution in [2.45, 2.75) is 12.8 Å². The van der Waals surface area contributed by atoms with E-state index in [-0.39, 0.29) is 3.57 Å². The highest BCUT2D eigenvalue weighted by Gasteiger charge is 2.31. The van der Waals surface area contributed by atoms with Gasteiger partial charge in [-0.15, -0.1) is 13.2 Å². The van der Waals surface area contributed by atoms with Gasteiger partial charge in [0.15, 0.2) is 0 Å². The van der Waals surface area contributed by atoms with Crippen LogP contribution >= 0.6 is 22.6 Å². The van der Waals surface area contributed by atoms with Gasteiger partial charge >= 0.3 is 6.36 Å². The summed E-state index contributed by atoms with van der Waals surface area (Å²) in [4.78, 5) is 0. The van der Waals surface area contributed by atoms with Crippen molar-refractivity contribution in [1.29, 1.82) is 0 Å². The zero-order valence-electron chi connectivity index (χ0n) is 6.99. The predicted molar refractivity (Wildman–Crippen MR) is 50.8 cm³/mol. The number of ether oxygens (including phenoxy) is 1. The molecule has 1 rings (SSSR count). The highest BCUT2D eigenvalue weighted by atomic mass is 127. The monoisotopic (exact) mass is 338 g/mol. The third-order valence-corrected chi connectivity index (χ3v) is 2.42. The Morgan fingerprint density at radius 2 is 1.80 bits per heavy atom. The van der Waals surface area contributed by atoms with Crippen LogP contribution in [0.1, 0.15) is 12.0 Å². The molecule has 84 valence electrons. The Kier molecular flexibility index (Phi) is 3.74. The van der Waals surface area contributed by atoms with Gasteiger partial charge in [0.1, 0.15) is 5.75 Å². The predicted octanol–water partition coefficient (Wildman–Crippen LogP) is 4.13. The summed E-state index contributed by atoms with van der Waals surface area (Å²) in [6.45, 7) is 0. The highest BCUT2D eigenvalue weighted by molar-refractivity contribution is 14.1. The van der Waals surface area contributed by atoms with Crippen LogP contribution in [0.4, 0.5) is 22.0 Å². The maximum atomic E-state index is 12.3. The fourth-order valence-corrected chi connectivity index (χ4v) is 1.46. The van der Waals surface area contributed by atoms with E-state index in [1.165, 1.54) is 0 Å². The molecule has 0 radical (unpaired) electrons. The summed E-state index contributed by atoms with van der Waals surface area (Å²) in [5.74, 6) is -0.641. The van der Waals surface area contributed by atoms with E-state index in [2.05, 4.69) is 4.74 Å². The van der Waals surface area contributed by atoms with Crippen molar-refractivity contribution in [1.82, 2.24) is 0 Å². The Morgan fingerprint density at radius 3 is 2.27 bits per heavy atom. The summed E-state index contributed by atoms with van der Waals surface area (Å²) in [6.07, 6.45) is -7.69. The minimum absolute atomic E-state index is 0.192. The number of rotatable bonds is 2. The Hall–Kier alpha value is -0.600. The SMILES string of the molecule is FC(F)c1cc(OC(F)(F)F)ccc1I. The number of hydrogen-bond acceptors (Lipinski definition) is 1. The number of alkyl halides is 5. The molecule has 0 heterocycles. The van der Waals surface area contributed by atoms with Gasteiger partial charge in [-0.25, -0.2) is 8.78 Å². The van der Waals surface area contributed by atoms with Gasteiger partial charge < -0.3 is 4.74 Å². The van der Waals surface area contributed by atoms with Crippen LogP contribution in [-0.2, 0) is 0 Å². The standard InChI is InChI=1S/C8H4F5IO/c9-7(10)5-3-4(1-2-6(5)14)15-8(11,12)13/h1-3,7H. The molecule has 0 aliphatic heterocycles. The van der Waals surface area contributed by atoms with Gasteiger partial charge in [-0.05, 0) is 40.8 Å². The summed E-state index contributed by atoms with van der Waals surface area (Å²) < 4.78 is 63.6. The molecule has 7 heteroatoms. The number of benzene rings is 1. The van der Waals surface area contributed by atoms with Crippen molar-refractivity contribution >= 4 is 22.6 Å². The van der Waals surface area contributed by atoms with Gasteiger partial charge in [-0.1, -0.05) is 0 Å². The zero-order chi connectivity index (χ0) is 11.6. The fourth-order valence-electron chi connectivity index (χ4n) is 0.886. The molecule has 0 aromatic heterocycles. The first-order chi connectivity index (χ1) is 6.79. The van der Waals surface area contributed by atoms with Crippen LogP contribution in [0.15, 0.2) is 18.2 Å². The summed E-state index contributed by atoms with van der Waals surface area (Å²) in [6, 6.07) is 2.81. The molecule has 15 heavy (non-hydrogen) atoms. The molecule has 0 unspecified atom stereocenters. The van der Waals surface area contributed by atoms with E-state index in [0.717, 1.165) is 12.1 Å². The molecule has 0 amide bonds. The molecule has 0 aliphatic rings. The summed E-state index contributed by atoms with van der Waals surface area (Å²) in [5.41, 5.74) is -0.475. The highest BCUT2D eigenvalue weighted by Crippen LogP contribution is 2.30. The lowest BCUT2D eigenvalue weighted by Gasteiger charge is -2.10. The first-order valence-electron chi connectivity index (χ1n) is 3.63. The van der Waals surface area contributed by atoms with Crippen LogP contribution in [0.25, 0.3) is 0 Å². The lowest BCUT2D eigenvalue weighted by Crippen LogP contribution is -2.17. The maximum absolute atomic E-state index is 12.3. The molecule has 0 saturated heterocycles. The lowest BCUT2D eigenvalue weighted by atomic mass is 10.2. The summed E-state index contributed by atoms with van der Waals surface area (Å²) >= 11 is 1.61. The second kappa shape index (κ2) is 4.50. The summed E-state index contributed by atoms with van der Waals surface area (Å²) in [7, 11) is 0. The summed E-state index contributed by atoms with van der Waals surface area (Å²) in [5, 5.41) is 0. The quantitative estimate of drug-likeness (QED) is 0.582. The topological polar surface area (TPSA) is 9.23 Å². The zero-order valence-corrected chi connectivity index (χ0v) is 9.14. The third kappa shape index (κ3) is 3.80. The molecule has 1 aromatic carbocycles.